The molecular weight excluding hydrogens is 330 g/mol. The fourth-order valence-corrected chi connectivity index (χ4v) is 2.40. The van der Waals surface area contributed by atoms with Crippen molar-refractivity contribution >= 4 is 17.5 Å². The molecule has 2 N–H and O–H groups in total. The summed E-state index contributed by atoms with van der Waals surface area (Å²) in [5, 5.41) is 4.78. The maximum absolute atomic E-state index is 13.1. The number of aromatic nitrogens is 1. The van der Waals surface area contributed by atoms with E-state index < -0.39 is 23.4 Å². The molecule has 0 aliphatic heterocycles. The van der Waals surface area contributed by atoms with Gasteiger partial charge in [0, 0.05) is 37.2 Å². The standard InChI is InChI=1S/C17H20F2N4O2/c1-22(2)15(14-5-4-8-23(14)3)10-20-16(24)17(25)21-11-6-7-12(18)13(19)9-11/h4-9,15H,10H2,1-3H3,(H,20,24)(H,21,25)/t15-/m0/s1. The van der Waals surface area contributed by atoms with Gasteiger partial charge in [-0.2, -0.15) is 0 Å². The molecule has 134 valence electrons. The molecule has 0 saturated heterocycles. The monoisotopic (exact) mass is 350 g/mol. The Labute approximate surface area is 144 Å². The second kappa shape index (κ2) is 7.89. The van der Waals surface area contributed by atoms with Crippen molar-refractivity contribution in [2.24, 2.45) is 7.05 Å². The normalized spacial score (nSPS) is 12.1. The van der Waals surface area contributed by atoms with Crippen LogP contribution in [0.1, 0.15) is 11.7 Å². The van der Waals surface area contributed by atoms with Crippen LogP contribution in [0.2, 0.25) is 0 Å². The molecule has 8 heteroatoms. The predicted molar refractivity (Wildman–Crippen MR) is 89.8 cm³/mol. The molecule has 0 saturated carbocycles. The molecule has 1 atom stereocenters. The lowest BCUT2D eigenvalue weighted by Gasteiger charge is -2.25. The van der Waals surface area contributed by atoms with E-state index in [4.69, 9.17) is 0 Å². The van der Waals surface area contributed by atoms with Gasteiger partial charge in [0.2, 0.25) is 0 Å². The fraction of sp³-hybridized carbons (Fsp3) is 0.294. The number of amides is 2. The number of carbonyl (C=O) groups excluding carboxylic acids is 2. The molecule has 6 nitrogen and oxygen atoms in total. The van der Waals surface area contributed by atoms with E-state index in [9.17, 15) is 18.4 Å². The molecular formula is C17H20F2N4O2. The lowest BCUT2D eigenvalue weighted by atomic mass is 10.2. The highest BCUT2D eigenvalue weighted by Crippen LogP contribution is 2.17. The largest absolute Gasteiger partial charge is 0.353 e. The van der Waals surface area contributed by atoms with Crippen LogP contribution in [-0.4, -0.2) is 41.9 Å². The van der Waals surface area contributed by atoms with Gasteiger partial charge >= 0.3 is 11.8 Å². The molecule has 0 aliphatic carbocycles. The molecule has 2 amide bonds. The number of likely N-dealkylation sites (N-methyl/N-ethyl adjacent to an activating group) is 1. The molecule has 0 spiro atoms. The van der Waals surface area contributed by atoms with E-state index in [2.05, 4.69) is 10.6 Å². The first-order chi connectivity index (χ1) is 11.8. The summed E-state index contributed by atoms with van der Waals surface area (Å²) in [4.78, 5) is 25.8. The quantitative estimate of drug-likeness (QED) is 0.806. The number of halogens is 2. The van der Waals surface area contributed by atoms with Crippen molar-refractivity contribution < 1.29 is 18.4 Å². The Morgan fingerprint density at radius 1 is 1.16 bits per heavy atom. The minimum atomic E-state index is -1.10. The summed E-state index contributed by atoms with van der Waals surface area (Å²) in [6.45, 7) is 0.217. The third-order valence-corrected chi connectivity index (χ3v) is 3.79. The SMILES string of the molecule is CN(C)[C@@H](CNC(=O)C(=O)Nc1ccc(F)c(F)c1)c1cccn1C. The van der Waals surface area contributed by atoms with Gasteiger partial charge in [-0.15, -0.1) is 0 Å². The Hall–Kier alpha value is -2.74. The van der Waals surface area contributed by atoms with Gasteiger partial charge < -0.3 is 15.2 Å². The molecule has 0 aliphatic rings. The van der Waals surface area contributed by atoms with Crippen molar-refractivity contribution in [3.8, 4) is 0 Å². The van der Waals surface area contributed by atoms with E-state index in [1.165, 1.54) is 6.07 Å². The number of hydrogen-bond acceptors (Lipinski definition) is 3. The van der Waals surface area contributed by atoms with E-state index in [1.807, 2.05) is 48.9 Å². The number of nitrogens with one attached hydrogen (secondary N) is 2. The topological polar surface area (TPSA) is 66.4 Å². The van der Waals surface area contributed by atoms with Gasteiger partial charge in [-0.05, 0) is 38.4 Å². The number of benzene rings is 1. The fourth-order valence-electron chi connectivity index (χ4n) is 2.40. The highest BCUT2D eigenvalue weighted by atomic mass is 19.2. The summed E-state index contributed by atoms with van der Waals surface area (Å²) in [6.07, 6.45) is 1.89. The lowest BCUT2D eigenvalue weighted by Crippen LogP contribution is -2.40. The summed E-state index contributed by atoms with van der Waals surface area (Å²) in [7, 11) is 5.62. The molecule has 2 aromatic rings. The van der Waals surface area contributed by atoms with Crippen molar-refractivity contribution in [3.05, 3.63) is 53.9 Å². The third-order valence-electron chi connectivity index (χ3n) is 3.79. The lowest BCUT2D eigenvalue weighted by molar-refractivity contribution is -0.136. The zero-order valence-corrected chi connectivity index (χ0v) is 14.2. The summed E-state index contributed by atoms with van der Waals surface area (Å²) >= 11 is 0. The number of aryl methyl sites for hydroxylation is 1. The minimum Gasteiger partial charge on any atom is -0.353 e. The second-order valence-corrected chi connectivity index (χ2v) is 5.82. The van der Waals surface area contributed by atoms with E-state index in [0.29, 0.717) is 0 Å². The van der Waals surface area contributed by atoms with Crippen LogP contribution >= 0.6 is 0 Å². The van der Waals surface area contributed by atoms with Gasteiger partial charge in [-0.25, -0.2) is 8.78 Å². The number of rotatable bonds is 5. The molecule has 0 fully saturated rings. The average Bonchev–Trinajstić information content (AvgIpc) is 2.96. The van der Waals surface area contributed by atoms with Crippen molar-refractivity contribution in [1.82, 2.24) is 14.8 Å². The maximum Gasteiger partial charge on any atom is 0.313 e. The van der Waals surface area contributed by atoms with Crippen LogP contribution < -0.4 is 10.6 Å². The van der Waals surface area contributed by atoms with Gasteiger partial charge in [-0.1, -0.05) is 0 Å². The Morgan fingerprint density at radius 2 is 1.88 bits per heavy atom. The number of nitrogens with zero attached hydrogens (tertiary/aromatic N) is 2. The van der Waals surface area contributed by atoms with Crippen molar-refractivity contribution in [3.63, 3.8) is 0 Å². The minimum absolute atomic E-state index is 0.00523. The van der Waals surface area contributed by atoms with Crippen LogP contribution in [0.4, 0.5) is 14.5 Å². The van der Waals surface area contributed by atoms with Crippen molar-refractivity contribution in [1.29, 1.82) is 0 Å². The molecule has 0 radical (unpaired) electrons. The summed E-state index contributed by atoms with van der Waals surface area (Å²) < 4.78 is 27.9. The summed E-state index contributed by atoms with van der Waals surface area (Å²) in [5.74, 6) is -3.94. The molecule has 0 unspecified atom stereocenters. The molecule has 1 heterocycles. The molecule has 1 aromatic carbocycles. The van der Waals surface area contributed by atoms with Crippen LogP contribution in [0.25, 0.3) is 0 Å². The Morgan fingerprint density at radius 3 is 2.44 bits per heavy atom. The second-order valence-electron chi connectivity index (χ2n) is 5.82. The number of carbonyl (C=O) groups is 2. The molecule has 1 aromatic heterocycles. The highest BCUT2D eigenvalue weighted by Gasteiger charge is 2.20. The predicted octanol–water partition coefficient (Wildman–Crippen LogP) is 1.66. The summed E-state index contributed by atoms with van der Waals surface area (Å²) in [6, 6.07) is 6.56. The van der Waals surface area contributed by atoms with Crippen molar-refractivity contribution in [2.75, 3.05) is 26.0 Å². The molecule has 0 bridgehead atoms. The van der Waals surface area contributed by atoms with Crippen molar-refractivity contribution in [2.45, 2.75) is 6.04 Å². The number of anilines is 1. The summed E-state index contributed by atoms with van der Waals surface area (Å²) in [5.41, 5.74) is 0.983. The number of hydrogen-bond donors (Lipinski definition) is 2. The van der Waals surface area contributed by atoms with Gasteiger partial charge in [0.05, 0.1) is 6.04 Å². The van der Waals surface area contributed by atoms with Crippen LogP contribution in [0.3, 0.4) is 0 Å². The molecule has 2 rings (SSSR count). The van der Waals surface area contributed by atoms with E-state index in [-0.39, 0.29) is 18.3 Å². The van der Waals surface area contributed by atoms with Gasteiger partial charge in [0.25, 0.3) is 0 Å². The Balaban J connectivity index is 1.97. The van der Waals surface area contributed by atoms with E-state index in [0.717, 1.165) is 17.8 Å². The highest BCUT2D eigenvalue weighted by molar-refractivity contribution is 6.39. The van der Waals surface area contributed by atoms with Gasteiger partial charge in [0.15, 0.2) is 11.6 Å². The molecule has 25 heavy (non-hydrogen) atoms. The van der Waals surface area contributed by atoms with Crippen LogP contribution in [-0.2, 0) is 16.6 Å². The van der Waals surface area contributed by atoms with Crippen LogP contribution in [0.5, 0.6) is 0 Å². The first-order valence-electron chi connectivity index (χ1n) is 7.61. The maximum atomic E-state index is 13.1. The van der Waals surface area contributed by atoms with E-state index in [1.54, 1.807) is 0 Å². The van der Waals surface area contributed by atoms with E-state index >= 15 is 0 Å². The smallest absolute Gasteiger partial charge is 0.313 e. The van der Waals surface area contributed by atoms with Crippen LogP contribution in [0, 0.1) is 11.6 Å². The van der Waals surface area contributed by atoms with Crippen LogP contribution in [0.15, 0.2) is 36.5 Å². The third kappa shape index (κ3) is 4.63. The Bertz CT molecular complexity index is 774. The zero-order valence-electron chi connectivity index (χ0n) is 14.2. The zero-order chi connectivity index (χ0) is 18.6. The van der Waals surface area contributed by atoms with Gasteiger partial charge in [-0.3, -0.25) is 14.5 Å². The first kappa shape index (κ1) is 18.6. The Kier molecular flexibility index (Phi) is 5.87. The van der Waals surface area contributed by atoms with Gasteiger partial charge in [0.1, 0.15) is 0 Å². The first-order valence-corrected chi connectivity index (χ1v) is 7.61. The average molecular weight is 350 g/mol.